The van der Waals surface area contributed by atoms with Crippen LogP contribution in [-0.4, -0.2) is 54.6 Å². The lowest BCUT2D eigenvalue weighted by molar-refractivity contribution is 0.136. The van der Waals surface area contributed by atoms with Crippen molar-refractivity contribution in [2.45, 2.75) is 45.1 Å². The molecule has 108 valence electrons. The number of likely N-dealkylation sites (tertiary alicyclic amines) is 2. The molecule has 2 heterocycles. The molecule has 0 amide bonds. The van der Waals surface area contributed by atoms with Gasteiger partial charge in [-0.15, -0.1) is 12.4 Å². The molecule has 0 radical (unpaired) electrons. The summed E-state index contributed by atoms with van der Waals surface area (Å²) in [5.74, 6) is 0.935. The van der Waals surface area contributed by atoms with Gasteiger partial charge in [-0.3, -0.25) is 0 Å². The molecular weight excluding hydrogens is 246 g/mol. The molecule has 0 atom stereocenters. The van der Waals surface area contributed by atoms with Gasteiger partial charge in [0.15, 0.2) is 0 Å². The minimum absolute atomic E-state index is 0. The average molecular weight is 276 g/mol. The molecular formula is C14H30ClN3. The molecule has 4 heteroatoms. The zero-order valence-corrected chi connectivity index (χ0v) is 12.8. The van der Waals surface area contributed by atoms with E-state index in [1.165, 1.54) is 58.4 Å². The summed E-state index contributed by atoms with van der Waals surface area (Å²) in [4.78, 5) is 5.20. The molecule has 0 aliphatic carbocycles. The van der Waals surface area contributed by atoms with Crippen molar-refractivity contribution >= 4 is 12.4 Å². The number of hydrogen-bond acceptors (Lipinski definition) is 3. The van der Waals surface area contributed by atoms with Crippen molar-refractivity contribution in [3.63, 3.8) is 0 Å². The molecule has 2 saturated heterocycles. The molecule has 0 saturated carbocycles. The van der Waals surface area contributed by atoms with Gasteiger partial charge in [0.2, 0.25) is 0 Å². The zero-order valence-electron chi connectivity index (χ0n) is 12.0. The normalized spacial score (nSPS) is 24.2. The Bertz CT molecular complexity index is 226. The number of hydrogen-bond donors (Lipinski definition) is 1. The molecule has 3 nitrogen and oxygen atoms in total. The van der Waals surface area contributed by atoms with Crippen LogP contribution in [0.25, 0.3) is 0 Å². The Morgan fingerprint density at radius 1 is 1.00 bits per heavy atom. The second-order valence-electron chi connectivity index (χ2n) is 6.72. The molecule has 0 aromatic rings. The van der Waals surface area contributed by atoms with Crippen molar-refractivity contribution in [3.8, 4) is 0 Å². The fourth-order valence-corrected chi connectivity index (χ4v) is 3.23. The van der Waals surface area contributed by atoms with E-state index in [4.69, 9.17) is 5.73 Å². The summed E-state index contributed by atoms with van der Waals surface area (Å²) in [6.07, 6.45) is 5.57. The summed E-state index contributed by atoms with van der Waals surface area (Å²) in [5, 5.41) is 0. The van der Waals surface area contributed by atoms with Crippen LogP contribution in [0.2, 0.25) is 0 Å². The van der Waals surface area contributed by atoms with Gasteiger partial charge < -0.3 is 15.5 Å². The van der Waals surface area contributed by atoms with Crippen molar-refractivity contribution in [1.29, 1.82) is 0 Å². The number of piperidine rings is 1. The lowest BCUT2D eigenvalue weighted by Crippen LogP contribution is -2.48. The van der Waals surface area contributed by atoms with E-state index in [1.807, 2.05) is 0 Å². The number of nitrogens with two attached hydrogens (primary N) is 1. The molecule has 2 rings (SSSR count). The van der Waals surface area contributed by atoms with E-state index in [9.17, 15) is 0 Å². The summed E-state index contributed by atoms with van der Waals surface area (Å²) in [5.41, 5.74) is 6.04. The fourth-order valence-electron chi connectivity index (χ4n) is 3.23. The first-order valence-corrected chi connectivity index (χ1v) is 7.26. The minimum atomic E-state index is -0.0399. The van der Waals surface area contributed by atoms with Gasteiger partial charge in [-0.25, -0.2) is 0 Å². The topological polar surface area (TPSA) is 32.5 Å². The van der Waals surface area contributed by atoms with Gasteiger partial charge in [0.05, 0.1) is 0 Å². The third-order valence-electron chi connectivity index (χ3n) is 4.05. The Kier molecular flexibility index (Phi) is 6.39. The highest BCUT2D eigenvalue weighted by atomic mass is 35.5. The Labute approximate surface area is 118 Å². The highest BCUT2D eigenvalue weighted by molar-refractivity contribution is 5.85. The van der Waals surface area contributed by atoms with E-state index in [0.717, 1.165) is 12.5 Å². The standard InChI is InChI=1S/C14H29N3.ClH/c1-14(2,15)12-17-9-5-13(6-10-17)11-16-7-3-4-8-16;/h13H,3-12,15H2,1-2H3;1H. The Balaban J connectivity index is 0.00000162. The van der Waals surface area contributed by atoms with Gasteiger partial charge in [0.1, 0.15) is 0 Å². The predicted octanol–water partition coefficient (Wildman–Crippen LogP) is 1.95. The Morgan fingerprint density at radius 3 is 2.06 bits per heavy atom. The first-order chi connectivity index (χ1) is 8.03. The lowest BCUT2D eigenvalue weighted by atomic mass is 9.95. The third kappa shape index (κ3) is 5.43. The van der Waals surface area contributed by atoms with Gasteiger partial charge in [0.25, 0.3) is 0 Å². The van der Waals surface area contributed by atoms with Crippen molar-refractivity contribution < 1.29 is 0 Å². The van der Waals surface area contributed by atoms with Gasteiger partial charge in [0, 0.05) is 18.6 Å². The Morgan fingerprint density at radius 2 is 1.56 bits per heavy atom. The molecule has 2 fully saturated rings. The van der Waals surface area contributed by atoms with E-state index < -0.39 is 0 Å². The molecule has 2 aliphatic rings. The van der Waals surface area contributed by atoms with Gasteiger partial charge in [-0.1, -0.05) is 0 Å². The van der Waals surface area contributed by atoms with Crippen LogP contribution in [0.15, 0.2) is 0 Å². The summed E-state index contributed by atoms with van der Waals surface area (Å²) < 4.78 is 0. The number of nitrogens with zero attached hydrogens (tertiary/aromatic N) is 2. The summed E-state index contributed by atoms with van der Waals surface area (Å²) in [7, 11) is 0. The average Bonchev–Trinajstić information content (AvgIpc) is 2.71. The molecule has 2 N–H and O–H groups in total. The molecule has 2 aliphatic heterocycles. The SMILES string of the molecule is CC(C)(N)CN1CCC(CN2CCCC2)CC1.Cl. The summed E-state index contributed by atoms with van der Waals surface area (Å²) in [6, 6.07) is 0. The molecule has 18 heavy (non-hydrogen) atoms. The van der Waals surface area contributed by atoms with E-state index in [-0.39, 0.29) is 17.9 Å². The maximum absolute atomic E-state index is 6.08. The van der Waals surface area contributed by atoms with E-state index in [0.29, 0.717) is 0 Å². The molecule has 0 unspecified atom stereocenters. The largest absolute Gasteiger partial charge is 0.324 e. The maximum atomic E-state index is 6.08. The number of halogens is 1. The fraction of sp³-hybridized carbons (Fsp3) is 1.00. The quantitative estimate of drug-likeness (QED) is 0.851. The maximum Gasteiger partial charge on any atom is 0.0226 e. The van der Waals surface area contributed by atoms with Crippen LogP contribution in [0.5, 0.6) is 0 Å². The first kappa shape index (κ1) is 16.2. The molecule has 0 aromatic heterocycles. The van der Waals surface area contributed by atoms with Crippen molar-refractivity contribution in [1.82, 2.24) is 9.80 Å². The highest BCUT2D eigenvalue weighted by Crippen LogP contribution is 2.21. The van der Waals surface area contributed by atoms with Crippen LogP contribution in [0.3, 0.4) is 0 Å². The lowest BCUT2D eigenvalue weighted by Gasteiger charge is -2.36. The predicted molar refractivity (Wildman–Crippen MR) is 80.4 cm³/mol. The van der Waals surface area contributed by atoms with Crippen LogP contribution in [0, 0.1) is 5.92 Å². The second-order valence-corrected chi connectivity index (χ2v) is 6.72. The van der Waals surface area contributed by atoms with Crippen molar-refractivity contribution in [2.24, 2.45) is 11.7 Å². The van der Waals surface area contributed by atoms with E-state index in [2.05, 4.69) is 23.6 Å². The van der Waals surface area contributed by atoms with Crippen LogP contribution in [-0.2, 0) is 0 Å². The van der Waals surface area contributed by atoms with E-state index in [1.54, 1.807) is 0 Å². The molecule has 0 aromatic carbocycles. The van der Waals surface area contributed by atoms with Crippen LogP contribution >= 0.6 is 12.4 Å². The third-order valence-corrected chi connectivity index (χ3v) is 4.05. The van der Waals surface area contributed by atoms with Gasteiger partial charge in [-0.05, 0) is 71.6 Å². The Hall–Kier alpha value is 0.170. The van der Waals surface area contributed by atoms with E-state index >= 15 is 0 Å². The van der Waals surface area contributed by atoms with Crippen LogP contribution in [0.1, 0.15) is 39.5 Å². The smallest absolute Gasteiger partial charge is 0.0226 e. The van der Waals surface area contributed by atoms with Gasteiger partial charge in [-0.2, -0.15) is 0 Å². The van der Waals surface area contributed by atoms with Crippen molar-refractivity contribution in [2.75, 3.05) is 39.3 Å². The molecule has 0 bridgehead atoms. The monoisotopic (exact) mass is 275 g/mol. The van der Waals surface area contributed by atoms with Crippen molar-refractivity contribution in [3.05, 3.63) is 0 Å². The highest BCUT2D eigenvalue weighted by Gasteiger charge is 2.25. The van der Waals surface area contributed by atoms with Crippen LogP contribution < -0.4 is 5.73 Å². The minimum Gasteiger partial charge on any atom is -0.324 e. The number of rotatable bonds is 4. The zero-order chi connectivity index (χ0) is 12.3. The van der Waals surface area contributed by atoms with Gasteiger partial charge >= 0.3 is 0 Å². The first-order valence-electron chi connectivity index (χ1n) is 7.26. The summed E-state index contributed by atoms with van der Waals surface area (Å²) >= 11 is 0. The second kappa shape index (κ2) is 7.09. The summed E-state index contributed by atoms with van der Waals surface area (Å²) in [6.45, 7) is 11.8. The molecule has 0 spiro atoms. The van der Waals surface area contributed by atoms with Crippen LogP contribution in [0.4, 0.5) is 0 Å².